The summed E-state index contributed by atoms with van der Waals surface area (Å²) in [5.41, 5.74) is -0.863. The van der Waals surface area contributed by atoms with Crippen LogP contribution in [-0.4, -0.2) is 55.9 Å². The smallest absolute Gasteiger partial charge is 0.342 e. The zero-order chi connectivity index (χ0) is 27.6. The van der Waals surface area contributed by atoms with E-state index in [1.807, 2.05) is 19.1 Å². The van der Waals surface area contributed by atoms with E-state index in [0.717, 1.165) is 4.90 Å². The molecule has 1 saturated heterocycles. The van der Waals surface area contributed by atoms with E-state index in [1.54, 1.807) is 42.5 Å². The van der Waals surface area contributed by atoms with Gasteiger partial charge in [0.1, 0.15) is 17.9 Å². The van der Waals surface area contributed by atoms with Crippen LogP contribution in [0.2, 0.25) is 0 Å². The van der Waals surface area contributed by atoms with Gasteiger partial charge in [-0.3, -0.25) is 9.59 Å². The first-order valence-electron chi connectivity index (χ1n) is 11.9. The molecule has 38 heavy (non-hydrogen) atoms. The number of carbonyl (C=O) groups is 2. The molecule has 202 valence electrons. The summed E-state index contributed by atoms with van der Waals surface area (Å²) in [5.74, 6) is -2.48. The van der Waals surface area contributed by atoms with E-state index < -0.39 is 66.5 Å². The van der Waals surface area contributed by atoms with Gasteiger partial charge >= 0.3 is 6.18 Å². The van der Waals surface area contributed by atoms with Crippen molar-refractivity contribution in [3.05, 3.63) is 76.6 Å². The number of H-pyrrole nitrogens is 1. The van der Waals surface area contributed by atoms with Crippen molar-refractivity contribution in [3.8, 4) is 0 Å². The molecule has 8 nitrogen and oxygen atoms in total. The summed E-state index contributed by atoms with van der Waals surface area (Å²) in [6.07, 6.45) is -7.58. The summed E-state index contributed by atoms with van der Waals surface area (Å²) < 4.78 is 68.5. The molecule has 3 aromatic rings. The molecule has 3 heterocycles. The van der Waals surface area contributed by atoms with Crippen LogP contribution in [0.3, 0.4) is 0 Å². The third kappa shape index (κ3) is 5.81. The number of nitrogens with zero attached hydrogens (tertiary/aromatic N) is 4. The number of carbonyl (C=O) groups excluding carboxylic acids is 2. The van der Waals surface area contributed by atoms with Gasteiger partial charge in [0.05, 0.1) is 24.7 Å². The maximum atomic E-state index is 14.7. The summed E-state index contributed by atoms with van der Waals surface area (Å²) in [6.45, 7) is 3.15. The van der Waals surface area contributed by atoms with Gasteiger partial charge in [-0.25, -0.2) is 9.37 Å². The molecule has 1 fully saturated rings. The lowest BCUT2D eigenvalue weighted by molar-refractivity contribution is -0.143. The van der Waals surface area contributed by atoms with Crippen molar-refractivity contribution in [3.63, 3.8) is 0 Å². The Labute approximate surface area is 214 Å². The first-order valence-corrected chi connectivity index (χ1v) is 11.9. The number of alkyl halides is 4. The van der Waals surface area contributed by atoms with Crippen LogP contribution in [0, 0.1) is 5.95 Å². The fourth-order valence-electron chi connectivity index (χ4n) is 4.42. The highest BCUT2D eigenvalue weighted by Crippen LogP contribution is 2.31. The summed E-state index contributed by atoms with van der Waals surface area (Å²) in [7, 11) is 0. The standard InChI is InChI=1S/C25H25F5N6O2/c1-13(2)16-8-9-17(31-23(16)27)21(14-6-4-3-5-7-14)32-24(38)19-10-15(26)12-36(19)20(37)11-18-22(25(28,29)30)34-35-33-18/h3-9,13,15,19,21H,10-12H2,1-2H3,(H,32,38)(H,33,34,35)/t15-,19+,21+/m1/s1. The Balaban J connectivity index is 1.58. The minimum Gasteiger partial charge on any atom is -0.342 e. The second-order valence-electron chi connectivity index (χ2n) is 9.31. The number of aromatic amines is 1. The maximum Gasteiger partial charge on any atom is 0.437 e. The third-order valence-corrected chi connectivity index (χ3v) is 6.32. The SMILES string of the molecule is CC(C)c1ccc([C@@H](NC(=O)[C@@H]2C[C@@H](F)CN2C(=O)Cc2n[nH]nc2C(F)(F)F)c2ccccc2)nc1F. The van der Waals surface area contributed by atoms with Crippen LogP contribution in [-0.2, 0) is 22.2 Å². The first kappa shape index (κ1) is 27.1. The fourth-order valence-corrected chi connectivity index (χ4v) is 4.42. The quantitative estimate of drug-likeness (QED) is 0.353. The molecule has 0 saturated carbocycles. The Kier molecular flexibility index (Phi) is 7.74. The monoisotopic (exact) mass is 536 g/mol. The van der Waals surface area contributed by atoms with E-state index in [4.69, 9.17) is 0 Å². The van der Waals surface area contributed by atoms with Gasteiger partial charge in [0.2, 0.25) is 17.8 Å². The van der Waals surface area contributed by atoms with Crippen molar-refractivity contribution in [1.29, 1.82) is 0 Å². The minimum absolute atomic E-state index is 0.122. The molecule has 0 radical (unpaired) electrons. The molecule has 1 aliphatic heterocycles. The van der Waals surface area contributed by atoms with E-state index in [1.165, 1.54) is 0 Å². The zero-order valence-electron chi connectivity index (χ0n) is 20.5. The molecule has 2 amide bonds. The Hall–Kier alpha value is -3.90. The molecule has 13 heteroatoms. The number of rotatable bonds is 7. The third-order valence-electron chi connectivity index (χ3n) is 6.32. The molecule has 0 unspecified atom stereocenters. The van der Waals surface area contributed by atoms with Crippen LogP contribution in [0.1, 0.15) is 60.4 Å². The maximum absolute atomic E-state index is 14.7. The number of aromatic nitrogens is 4. The van der Waals surface area contributed by atoms with Crippen LogP contribution in [0.25, 0.3) is 0 Å². The molecular formula is C25H25F5N6O2. The predicted octanol–water partition coefficient (Wildman–Crippen LogP) is 3.87. The molecule has 3 atom stereocenters. The van der Waals surface area contributed by atoms with Gasteiger partial charge in [0.25, 0.3) is 0 Å². The molecule has 4 rings (SSSR count). The molecule has 2 N–H and O–H groups in total. The molecule has 1 aliphatic rings. The van der Waals surface area contributed by atoms with Gasteiger partial charge in [0.15, 0.2) is 5.69 Å². The number of halogens is 5. The molecular weight excluding hydrogens is 511 g/mol. The summed E-state index contributed by atoms with van der Waals surface area (Å²) >= 11 is 0. The zero-order valence-corrected chi connectivity index (χ0v) is 20.5. The van der Waals surface area contributed by atoms with Gasteiger partial charge in [0, 0.05) is 12.0 Å². The average Bonchev–Trinajstić information content (AvgIpc) is 3.49. The normalized spacial score (nSPS) is 18.6. The van der Waals surface area contributed by atoms with Crippen molar-refractivity contribution in [2.75, 3.05) is 6.54 Å². The Bertz CT molecular complexity index is 1300. The number of hydrogen-bond donors (Lipinski definition) is 2. The number of likely N-dealkylation sites (tertiary alicyclic amines) is 1. The fraction of sp³-hybridized carbons (Fsp3) is 0.400. The minimum atomic E-state index is -4.84. The predicted molar refractivity (Wildman–Crippen MR) is 125 cm³/mol. The number of benzene rings is 1. The number of amides is 2. The van der Waals surface area contributed by atoms with E-state index in [0.29, 0.717) is 11.1 Å². The largest absolute Gasteiger partial charge is 0.437 e. The highest BCUT2D eigenvalue weighted by molar-refractivity contribution is 5.89. The van der Waals surface area contributed by atoms with E-state index >= 15 is 0 Å². The Morgan fingerprint density at radius 2 is 1.84 bits per heavy atom. The molecule has 0 spiro atoms. The lowest BCUT2D eigenvalue weighted by Crippen LogP contribution is -2.47. The van der Waals surface area contributed by atoms with E-state index in [-0.39, 0.29) is 18.0 Å². The summed E-state index contributed by atoms with van der Waals surface area (Å²) in [5, 5.41) is 11.0. The Morgan fingerprint density at radius 1 is 1.13 bits per heavy atom. The van der Waals surface area contributed by atoms with Crippen molar-refractivity contribution in [2.45, 2.75) is 57.0 Å². The second kappa shape index (κ2) is 10.8. The van der Waals surface area contributed by atoms with Crippen LogP contribution >= 0.6 is 0 Å². The lowest BCUT2D eigenvalue weighted by atomic mass is 9.99. The van der Waals surface area contributed by atoms with E-state index in [2.05, 4.69) is 20.5 Å². The van der Waals surface area contributed by atoms with Crippen molar-refractivity contribution in [2.24, 2.45) is 0 Å². The molecule has 2 aromatic heterocycles. The Morgan fingerprint density at radius 3 is 2.47 bits per heavy atom. The van der Waals surface area contributed by atoms with Crippen LogP contribution in [0.15, 0.2) is 42.5 Å². The second-order valence-corrected chi connectivity index (χ2v) is 9.31. The summed E-state index contributed by atoms with van der Waals surface area (Å²) in [4.78, 5) is 31.2. The van der Waals surface area contributed by atoms with Crippen molar-refractivity contribution < 1.29 is 31.5 Å². The molecule has 1 aromatic carbocycles. The number of hydrogen-bond acceptors (Lipinski definition) is 5. The van der Waals surface area contributed by atoms with Crippen LogP contribution < -0.4 is 5.32 Å². The highest BCUT2D eigenvalue weighted by Gasteiger charge is 2.43. The first-order chi connectivity index (χ1) is 18.0. The van der Waals surface area contributed by atoms with Crippen LogP contribution in [0.4, 0.5) is 22.0 Å². The number of pyridine rings is 1. The van der Waals surface area contributed by atoms with E-state index in [9.17, 15) is 31.5 Å². The average molecular weight is 537 g/mol. The van der Waals surface area contributed by atoms with Crippen molar-refractivity contribution in [1.82, 2.24) is 30.6 Å². The number of nitrogens with one attached hydrogen (secondary N) is 2. The van der Waals surface area contributed by atoms with Gasteiger partial charge < -0.3 is 10.2 Å². The lowest BCUT2D eigenvalue weighted by Gasteiger charge is -2.26. The van der Waals surface area contributed by atoms with Gasteiger partial charge in [-0.05, 0) is 17.5 Å². The van der Waals surface area contributed by atoms with Gasteiger partial charge in [-0.1, -0.05) is 50.2 Å². The van der Waals surface area contributed by atoms with Gasteiger partial charge in [-0.15, -0.1) is 0 Å². The topological polar surface area (TPSA) is 104 Å². The van der Waals surface area contributed by atoms with Gasteiger partial charge in [-0.2, -0.15) is 33.0 Å². The summed E-state index contributed by atoms with van der Waals surface area (Å²) in [6, 6.07) is 9.49. The highest BCUT2D eigenvalue weighted by atomic mass is 19.4. The molecule has 0 aliphatic carbocycles. The van der Waals surface area contributed by atoms with Crippen LogP contribution in [0.5, 0.6) is 0 Å². The molecule has 0 bridgehead atoms. The van der Waals surface area contributed by atoms with Crippen molar-refractivity contribution >= 4 is 11.8 Å².